The Morgan fingerprint density at radius 2 is 2.31 bits per heavy atom. The van der Waals surface area contributed by atoms with Crippen molar-refractivity contribution in [3.05, 3.63) is 23.0 Å². The molecule has 1 N–H and O–H groups in total. The molecule has 0 saturated heterocycles. The van der Waals surface area contributed by atoms with Gasteiger partial charge in [-0.05, 0) is 25.5 Å². The zero-order valence-corrected chi connectivity index (χ0v) is 11.2. The summed E-state index contributed by atoms with van der Waals surface area (Å²) in [5, 5.41) is 8.21. The first-order valence-electron chi connectivity index (χ1n) is 5.60. The van der Waals surface area contributed by atoms with Crippen molar-refractivity contribution in [2.45, 2.75) is 33.2 Å². The SMILES string of the molecule is C/C(=C/CCNC(C)C)c1c(Cl)cnn1C. The van der Waals surface area contributed by atoms with Crippen LogP contribution in [0.5, 0.6) is 0 Å². The molecule has 1 rings (SSSR count). The van der Waals surface area contributed by atoms with Crippen molar-refractivity contribution in [2.24, 2.45) is 7.05 Å². The van der Waals surface area contributed by atoms with Gasteiger partial charge in [-0.25, -0.2) is 0 Å². The average Bonchev–Trinajstić information content (AvgIpc) is 2.53. The van der Waals surface area contributed by atoms with Crippen LogP contribution in [-0.4, -0.2) is 22.4 Å². The lowest BCUT2D eigenvalue weighted by Crippen LogP contribution is -2.23. The molecule has 16 heavy (non-hydrogen) atoms. The molecular weight excluding hydrogens is 222 g/mol. The molecular formula is C12H20ClN3. The fraction of sp³-hybridized carbons (Fsp3) is 0.583. The molecule has 0 aromatic carbocycles. The number of nitrogens with one attached hydrogen (secondary N) is 1. The summed E-state index contributed by atoms with van der Waals surface area (Å²) >= 11 is 6.06. The van der Waals surface area contributed by atoms with Crippen LogP contribution < -0.4 is 5.32 Å². The van der Waals surface area contributed by atoms with Crippen LogP contribution in [0.3, 0.4) is 0 Å². The maximum atomic E-state index is 6.06. The molecule has 0 fully saturated rings. The van der Waals surface area contributed by atoms with Gasteiger partial charge in [0.1, 0.15) is 0 Å². The Morgan fingerprint density at radius 3 is 2.81 bits per heavy atom. The molecule has 0 spiro atoms. The molecule has 0 bridgehead atoms. The van der Waals surface area contributed by atoms with Crippen LogP contribution in [0, 0.1) is 0 Å². The Morgan fingerprint density at radius 1 is 1.62 bits per heavy atom. The van der Waals surface area contributed by atoms with Crippen molar-refractivity contribution >= 4 is 17.2 Å². The Labute approximate surface area is 102 Å². The number of aromatic nitrogens is 2. The van der Waals surface area contributed by atoms with Gasteiger partial charge in [-0.15, -0.1) is 0 Å². The third kappa shape index (κ3) is 3.65. The number of hydrogen-bond donors (Lipinski definition) is 1. The molecule has 1 heterocycles. The molecule has 0 aliphatic heterocycles. The largest absolute Gasteiger partial charge is 0.314 e. The van der Waals surface area contributed by atoms with E-state index in [4.69, 9.17) is 11.6 Å². The van der Waals surface area contributed by atoms with Crippen LogP contribution in [0.2, 0.25) is 5.02 Å². The maximum absolute atomic E-state index is 6.06. The quantitative estimate of drug-likeness (QED) is 0.804. The second-order valence-corrected chi connectivity index (χ2v) is 4.66. The van der Waals surface area contributed by atoms with Crippen LogP contribution in [0.1, 0.15) is 32.9 Å². The molecule has 90 valence electrons. The molecule has 0 aliphatic rings. The van der Waals surface area contributed by atoms with Gasteiger partial charge in [-0.2, -0.15) is 5.10 Å². The van der Waals surface area contributed by atoms with E-state index in [9.17, 15) is 0 Å². The Hall–Kier alpha value is -0.800. The minimum atomic E-state index is 0.536. The van der Waals surface area contributed by atoms with Gasteiger partial charge in [-0.3, -0.25) is 4.68 Å². The lowest BCUT2D eigenvalue weighted by molar-refractivity contribution is 0.595. The van der Waals surface area contributed by atoms with Gasteiger partial charge in [0.15, 0.2) is 0 Å². The van der Waals surface area contributed by atoms with Crippen molar-refractivity contribution < 1.29 is 0 Å². The highest BCUT2D eigenvalue weighted by Crippen LogP contribution is 2.22. The molecule has 0 amide bonds. The van der Waals surface area contributed by atoms with E-state index in [0.717, 1.165) is 18.7 Å². The second kappa shape index (κ2) is 6.06. The summed E-state index contributed by atoms with van der Waals surface area (Å²) in [6.45, 7) is 7.35. The zero-order valence-electron chi connectivity index (χ0n) is 10.4. The van der Waals surface area contributed by atoms with E-state index in [1.54, 1.807) is 6.20 Å². The normalized spacial score (nSPS) is 12.5. The van der Waals surface area contributed by atoms with E-state index in [2.05, 4.69) is 37.3 Å². The molecule has 1 aromatic heterocycles. The summed E-state index contributed by atoms with van der Waals surface area (Å²) in [6, 6.07) is 0.536. The molecule has 0 radical (unpaired) electrons. The summed E-state index contributed by atoms with van der Waals surface area (Å²) in [5.41, 5.74) is 2.18. The van der Waals surface area contributed by atoms with E-state index in [1.165, 1.54) is 5.57 Å². The standard InChI is InChI=1S/C12H20ClN3/c1-9(2)14-7-5-6-10(3)12-11(13)8-15-16(12)4/h6,8-9,14H,5,7H2,1-4H3/b10-6-. The van der Waals surface area contributed by atoms with Crippen molar-refractivity contribution in [3.63, 3.8) is 0 Å². The number of halogens is 1. The monoisotopic (exact) mass is 241 g/mol. The van der Waals surface area contributed by atoms with E-state index < -0.39 is 0 Å². The lowest BCUT2D eigenvalue weighted by atomic mass is 10.2. The highest BCUT2D eigenvalue weighted by Gasteiger charge is 2.07. The van der Waals surface area contributed by atoms with E-state index in [1.807, 2.05) is 11.7 Å². The smallest absolute Gasteiger partial charge is 0.0862 e. The summed E-state index contributed by atoms with van der Waals surface area (Å²) in [4.78, 5) is 0. The van der Waals surface area contributed by atoms with Gasteiger partial charge in [0, 0.05) is 13.1 Å². The van der Waals surface area contributed by atoms with Crippen LogP contribution in [0.4, 0.5) is 0 Å². The van der Waals surface area contributed by atoms with Gasteiger partial charge in [-0.1, -0.05) is 31.5 Å². The van der Waals surface area contributed by atoms with Gasteiger partial charge >= 0.3 is 0 Å². The van der Waals surface area contributed by atoms with Crippen LogP contribution in [0.15, 0.2) is 12.3 Å². The molecule has 0 saturated carbocycles. The van der Waals surface area contributed by atoms with Crippen LogP contribution in [-0.2, 0) is 7.05 Å². The number of nitrogens with zero attached hydrogens (tertiary/aromatic N) is 2. The first-order chi connectivity index (χ1) is 7.52. The molecule has 0 aliphatic carbocycles. The number of aryl methyl sites for hydroxylation is 1. The third-order valence-electron chi connectivity index (χ3n) is 2.42. The molecule has 4 heteroatoms. The molecule has 0 atom stereocenters. The molecule has 0 unspecified atom stereocenters. The molecule has 1 aromatic rings. The van der Waals surface area contributed by atoms with Gasteiger partial charge in [0.2, 0.25) is 0 Å². The predicted molar refractivity (Wildman–Crippen MR) is 69.6 cm³/mol. The summed E-state index contributed by atoms with van der Waals surface area (Å²) in [5.74, 6) is 0. The van der Waals surface area contributed by atoms with Gasteiger partial charge in [0.05, 0.1) is 16.9 Å². The van der Waals surface area contributed by atoms with E-state index in [-0.39, 0.29) is 0 Å². The Kier molecular flexibility index (Phi) is 5.03. The number of rotatable bonds is 5. The van der Waals surface area contributed by atoms with Crippen molar-refractivity contribution in [1.29, 1.82) is 0 Å². The fourth-order valence-corrected chi connectivity index (χ4v) is 1.93. The van der Waals surface area contributed by atoms with Gasteiger partial charge < -0.3 is 5.32 Å². The zero-order chi connectivity index (χ0) is 12.1. The lowest BCUT2D eigenvalue weighted by Gasteiger charge is -2.07. The predicted octanol–water partition coefficient (Wildman–Crippen LogP) is 2.86. The Balaban J connectivity index is 2.57. The van der Waals surface area contributed by atoms with Crippen molar-refractivity contribution in [2.75, 3.05) is 6.54 Å². The van der Waals surface area contributed by atoms with E-state index in [0.29, 0.717) is 11.1 Å². The van der Waals surface area contributed by atoms with Crippen molar-refractivity contribution in [1.82, 2.24) is 15.1 Å². The summed E-state index contributed by atoms with van der Waals surface area (Å²) in [6.07, 6.45) is 4.88. The average molecular weight is 242 g/mol. The topological polar surface area (TPSA) is 29.9 Å². The summed E-state index contributed by atoms with van der Waals surface area (Å²) < 4.78 is 1.81. The maximum Gasteiger partial charge on any atom is 0.0862 e. The molecule has 3 nitrogen and oxygen atoms in total. The van der Waals surface area contributed by atoms with Crippen LogP contribution in [0.25, 0.3) is 5.57 Å². The number of hydrogen-bond acceptors (Lipinski definition) is 2. The first kappa shape index (κ1) is 13.3. The first-order valence-corrected chi connectivity index (χ1v) is 5.98. The minimum Gasteiger partial charge on any atom is -0.314 e. The van der Waals surface area contributed by atoms with Crippen molar-refractivity contribution in [3.8, 4) is 0 Å². The van der Waals surface area contributed by atoms with Gasteiger partial charge in [0.25, 0.3) is 0 Å². The third-order valence-corrected chi connectivity index (χ3v) is 2.69. The second-order valence-electron chi connectivity index (χ2n) is 4.25. The van der Waals surface area contributed by atoms with Crippen LogP contribution >= 0.6 is 11.6 Å². The highest BCUT2D eigenvalue weighted by molar-refractivity contribution is 6.32. The minimum absolute atomic E-state index is 0.536. The van der Waals surface area contributed by atoms with E-state index >= 15 is 0 Å². The fourth-order valence-electron chi connectivity index (χ4n) is 1.61. The summed E-state index contributed by atoms with van der Waals surface area (Å²) in [7, 11) is 1.91. The highest BCUT2D eigenvalue weighted by atomic mass is 35.5. The number of allylic oxidation sites excluding steroid dienone is 1. The Bertz CT molecular complexity index is 347.